The van der Waals surface area contributed by atoms with Gasteiger partial charge in [-0.05, 0) is 42.0 Å². The molecule has 2 unspecified atom stereocenters. The summed E-state index contributed by atoms with van der Waals surface area (Å²) >= 11 is 18.9. The second kappa shape index (κ2) is 10.4. The fraction of sp³-hybridized carbons (Fsp3) is 0.0625. The van der Waals surface area contributed by atoms with Crippen molar-refractivity contribution >= 4 is 51.4 Å². The SMILES string of the molecule is O=[N+]([O-])c1cccc2nc3c(cc12)C(c1ccccc1)C(n1cnc(-c2ccc(Cl)c(Cl)c2)c1)c1ccc(Cl)cc1O3. The zero-order valence-corrected chi connectivity index (χ0v) is 23.9. The van der Waals surface area contributed by atoms with Gasteiger partial charge in [-0.25, -0.2) is 9.97 Å². The summed E-state index contributed by atoms with van der Waals surface area (Å²) in [7, 11) is 0. The molecule has 1 aliphatic rings. The lowest BCUT2D eigenvalue weighted by Gasteiger charge is -2.28. The van der Waals surface area contributed by atoms with Crippen LogP contribution in [0, 0.1) is 10.1 Å². The average Bonchev–Trinajstić information content (AvgIpc) is 3.42. The van der Waals surface area contributed by atoms with E-state index in [1.807, 2.05) is 65.4 Å². The van der Waals surface area contributed by atoms with Gasteiger partial charge in [0.25, 0.3) is 5.69 Å². The molecule has 2 atom stereocenters. The van der Waals surface area contributed by atoms with Crippen molar-refractivity contribution in [3.63, 3.8) is 0 Å². The Morgan fingerprint density at radius 2 is 1.69 bits per heavy atom. The van der Waals surface area contributed by atoms with Crippen molar-refractivity contribution in [1.29, 1.82) is 0 Å². The van der Waals surface area contributed by atoms with E-state index >= 15 is 0 Å². The molecule has 3 heterocycles. The quantitative estimate of drug-likeness (QED) is 0.146. The van der Waals surface area contributed by atoms with Gasteiger partial charge in [-0.2, -0.15) is 0 Å². The molecule has 0 saturated heterocycles. The molecule has 0 aliphatic carbocycles. The van der Waals surface area contributed by atoms with E-state index in [0.29, 0.717) is 48.9 Å². The third-order valence-corrected chi connectivity index (χ3v) is 8.45. The summed E-state index contributed by atoms with van der Waals surface area (Å²) in [6.07, 6.45) is 3.71. The largest absolute Gasteiger partial charge is 0.438 e. The van der Waals surface area contributed by atoms with E-state index in [0.717, 1.165) is 16.7 Å². The number of aromatic nitrogens is 3. The molecule has 4 aromatic carbocycles. The van der Waals surface area contributed by atoms with Crippen LogP contribution in [0.3, 0.4) is 0 Å². The second-order valence-corrected chi connectivity index (χ2v) is 11.2. The van der Waals surface area contributed by atoms with E-state index in [2.05, 4.69) is 0 Å². The van der Waals surface area contributed by atoms with Crippen LogP contribution in [0.4, 0.5) is 5.69 Å². The number of imidazole rings is 1. The third-order valence-electron chi connectivity index (χ3n) is 7.47. The van der Waals surface area contributed by atoms with Gasteiger partial charge in [0.1, 0.15) is 5.75 Å². The van der Waals surface area contributed by atoms with E-state index in [4.69, 9.17) is 49.5 Å². The lowest BCUT2D eigenvalue weighted by atomic mass is 9.82. The van der Waals surface area contributed by atoms with Crippen LogP contribution in [-0.2, 0) is 0 Å². The van der Waals surface area contributed by atoms with Gasteiger partial charge in [-0.3, -0.25) is 10.1 Å². The number of pyridine rings is 1. The summed E-state index contributed by atoms with van der Waals surface area (Å²) in [5.41, 5.74) is 4.47. The fourth-order valence-corrected chi connectivity index (χ4v) is 6.04. The maximum atomic E-state index is 12.0. The molecule has 7 rings (SSSR count). The van der Waals surface area contributed by atoms with Gasteiger partial charge in [-0.15, -0.1) is 0 Å². The Hall–Kier alpha value is -4.43. The minimum absolute atomic E-state index is 0.0273. The van der Waals surface area contributed by atoms with Crippen LogP contribution in [0.15, 0.2) is 104 Å². The number of rotatable bonds is 4. The number of fused-ring (bicyclic) bond motifs is 3. The molecular formula is C32H19Cl3N4O3. The topological polar surface area (TPSA) is 83.1 Å². The highest BCUT2D eigenvalue weighted by Crippen LogP contribution is 2.51. The van der Waals surface area contributed by atoms with E-state index in [9.17, 15) is 10.1 Å². The summed E-state index contributed by atoms with van der Waals surface area (Å²) in [5.74, 6) is 0.526. The van der Waals surface area contributed by atoms with Crippen LogP contribution in [0.1, 0.15) is 28.7 Å². The molecule has 42 heavy (non-hydrogen) atoms. The molecule has 0 bridgehead atoms. The molecule has 6 aromatic rings. The highest BCUT2D eigenvalue weighted by Gasteiger charge is 2.37. The van der Waals surface area contributed by atoms with Crippen LogP contribution in [0.2, 0.25) is 15.1 Å². The van der Waals surface area contributed by atoms with Gasteiger partial charge >= 0.3 is 0 Å². The molecule has 0 spiro atoms. The predicted molar refractivity (Wildman–Crippen MR) is 164 cm³/mol. The molecule has 206 valence electrons. The van der Waals surface area contributed by atoms with Gasteiger partial charge in [0.15, 0.2) is 0 Å². The van der Waals surface area contributed by atoms with Crippen LogP contribution in [0.25, 0.3) is 22.2 Å². The summed E-state index contributed by atoms with van der Waals surface area (Å²) < 4.78 is 8.50. The minimum Gasteiger partial charge on any atom is -0.438 e. The van der Waals surface area contributed by atoms with Crippen LogP contribution in [-0.4, -0.2) is 19.5 Å². The molecule has 0 radical (unpaired) electrons. The highest BCUT2D eigenvalue weighted by molar-refractivity contribution is 6.42. The standard InChI is InChI=1S/C32H19Cl3N4O3/c33-20-10-11-21-29(14-20)42-32-23(15-22-26(37-32)7-4-8-28(22)39(40)41)30(18-5-2-1-3-6-18)31(21)38-16-27(36-17-38)19-9-12-24(34)25(35)13-19/h1-17,30-31H. The average molecular weight is 614 g/mol. The third kappa shape index (κ3) is 4.56. The van der Waals surface area contributed by atoms with Gasteiger partial charge in [0.2, 0.25) is 5.88 Å². The first-order valence-electron chi connectivity index (χ1n) is 13.0. The van der Waals surface area contributed by atoms with E-state index in [1.165, 1.54) is 6.07 Å². The Morgan fingerprint density at radius 1 is 0.857 bits per heavy atom. The lowest BCUT2D eigenvalue weighted by Crippen LogP contribution is -2.19. The van der Waals surface area contributed by atoms with Crippen LogP contribution in [0.5, 0.6) is 11.6 Å². The lowest BCUT2D eigenvalue weighted by molar-refractivity contribution is -0.383. The molecule has 2 aromatic heterocycles. The summed E-state index contributed by atoms with van der Waals surface area (Å²) in [4.78, 5) is 21.1. The zero-order chi connectivity index (χ0) is 29.0. The van der Waals surface area contributed by atoms with Gasteiger partial charge in [-0.1, -0.05) is 83.3 Å². The predicted octanol–water partition coefficient (Wildman–Crippen LogP) is 9.49. The first-order valence-corrected chi connectivity index (χ1v) is 14.1. The highest BCUT2D eigenvalue weighted by atomic mass is 35.5. The number of nitro benzene ring substituents is 1. The molecular weight excluding hydrogens is 595 g/mol. The van der Waals surface area contributed by atoms with E-state index in [1.54, 1.807) is 36.7 Å². The molecule has 7 nitrogen and oxygen atoms in total. The Balaban J connectivity index is 1.51. The molecule has 1 aliphatic heterocycles. The molecule has 0 fully saturated rings. The number of hydrogen-bond donors (Lipinski definition) is 0. The number of non-ortho nitro benzene ring substituents is 1. The minimum atomic E-state index is -0.392. The Kier molecular flexibility index (Phi) is 6.58. The summed E-state index contributed by atoms with van der Waals surface area (Å²) in [6, 6.07) is 27.1. The molecule has 0 N–H and O–H groups in total. The van der Waals surface area contributed by atoms with Crippen molar-refractivity contribution in [3.8, 4) is 22.9 Å². The Morgan fingerprint density at radius 3 is 2.48 bits per heavy atom. The van der Waals surface area contributed by atoms with Crippen molar-refractivity contribution in [2.75, 3.05) is 0 Å². The van der Waals surface area contributed by atoms with Gasteiger partial charge in [0, 0.05) is 39.9 Å². The van der Waals surface area contributed by atoms with Crippen molar-refractivity contribution in [2.45, 2.75) is 12.0 Å². The monoisotopic (exact) mass is 612 g/mol. The Bertz CT molecular complexity index is 2010. The van der Waals surface area contributed by atoms with E-state index < -0.39 is 4.92 Å². The molecule has 0 saturated carbocycles. The van der Waals surface area contributed by atoms with Crippen molar-refractivity contribution < 1.29 is 9.66 Å². The molecule has 10 heteroatoms. The van der Waals surface area contributed by atoms with Crippen LogP contribution < -0.4 is 4.74 Å². The number of halogens is 3. The maximum absolute atomic E-state index is 12.0. The van der Waals surface area contributed by atoms with Gasteiger partial charge < -0.3 is 9.30 Å². The van der Waals surface area contributed by atoms with Crippen molar-refractivity contribution in [1.82, 2.24) is 14.5 Å². The number of hydrogen-bond acceptors (Lipinski definition) is 5. The first-order chi connectivity index (χ1) is 20.4. The number of ether oxygens (including phenoxy) is 1. The summed E-state index contributed by atoms with van der Waals surface area (Å²) in [6.45, 7) is 0. The fourth-order valence-electron chi connectivity index (χ4n) is 5.58. The smallest absolute Gasteiger partial charge is 0.278 e. The van der Waals surface area contributed by atoms with E-state index in [-0.39, 0.29) is 17.6 Å². The molecule has 0 amide bonds. The summed E-state index contributed by atoms with van der Waals surface area (Å²) in [5, 5.41) is 13.8. The van der Waals surface area contributed by atoms with Crippen molar-refractivity contribution in [2.24, 2.45) is 0 Å². The normalized spacial score (nSPS) is 15.9. The van der Waals surface area contributed by atoms with Gasteiger partial charge in [0.05, 0.1) is 43.9 Å². The number of nitrogens with zero attached hydrogens (tertiary/aromatic N) is 4. The Labute approximate surface area is 255 Å². The first kappa shape index (κ1) is 26.5. The second-order valence-electron chi connectivity index (χ2n) is 9.94. The number of benzene rings is 4. The maximum Gasteiger partial charge on any atom is 0.278 e. The van der Waals surface area contributed by atoms with Crippen molar-refractivity contribution in [3.05, 3.63) is 145 Å². The number of nitro groups is 1. The van der Waals surface area contributed by atoms with Crippen LogP contribution >= 0.6 is 34.8 Å². The zero-order valence-electron chi connectivity index (χ0n) is 21.6.